The van der Waals surface area contributed by atoms with E-state index in [0.29, 0.717) is 5.92 Å². The molecule has 3 heteroatoms. The van der Waals surface area contributed by atoms with Crippen molar-refractivity contribution < 1.29 is 4.21 Å². The number of benzene rings is 1. The lowest BCUT2D eigenvalue weighted by Crippen LogP contribution is -2.27. The standard InChI is InChI=1S/C18H31NOS/c1-5-12-19-18(14-21(20)13-11-15(3)4)17-9-7-16(6-2)8-10-17/h7-10,15,18-19H,5-6,11-14H2,1-4H3. The highest BCUT2D eigenvalue weighted by Gasteiger charge is 2.14. The Morgan fingerprint density at radius 1 is 1.14 bits per heavy atom. The lowest BCUT2D eigenvalue weighted by molar-refractivity contribution is 0.566. The van der Waals surface area contributed by atoms with E-state index in [-0.39, 0.29) is 6.04 Å². The molecule has 0 fully saturated rings. The summed E-state index contributed by atoms with van der Waals surface area (Å²) in [6.07, 6.45) is 3.21. The Kier molecular flexibility index (Phi) is 8.86. The third-order valence-electron chi connectivity index (χ3n) is 3.71. The Bertz CT molecular complexity index is 414. The normalized spacial score (nSPS) is 14.3. The summed E-state index contributed by atoms with van der Waals surface area (Å²) in [7, 11) is -0.744. The summed E-state index contributed by atoms with van der Waals surface area (Å²) in [5.74, 6) is 2.16. The van der Waals surface area contributed by atoms with Crippen LogP contribution in [0.2, 0.25) is 0 Å². The van der Waals surface area contributed by atoms with E-state index in [0.717, 1.165) is 37.3 Å². The second-order valence-electron chi connectivity index (χ2n) is 6.09. The number of rotatable bonds is 10. The zero-order chi connectivity index (χ0) is 15.7. The van der Waals surface area contributed by atoms with E-state index in [1.807, 2.05) is 0 Å². The highest BCUT2D eigenvalue weighted by Crippen LogP contribution is 2.17. The van der Waals surface area contributed by atoms with Crippen LogP contribution in [0.15, 0.2) is 24.3 Å². The second kappa shape index (κ2) is 10.1. The summed E-state index contributed by atoms with van der Waals surface area (Å²) in [5, 5.41) is 3.55. The van der Waals surface area contributed by atoms with Gasteiger partial charge in [0.1, 0.15) is 0 Å². The summed E-state index contributed by atoms with van der Waals surface area (Å²) in [4.78, 5) is 0. The zero-order valence-electron chi connectivity index (χ0n) is 14.0. The van der Waals surface area contributed by atoms with Crippen LogP contribution in [0.4, 0.5) is 0 Å². The van der Waals surface area contributed by atoms with Crippen LogP contribution in [0, 0.1) is 5.92 Å². The maximum atomic E-state index is 12.3. The number of hydrogen-bond acceptors (Lipinski definition) is 2. The SMILES string of the molecule is CCCNC(CS(=O)CCC(C)C)c1ccc(CC)cc1. The van der Waals surface area contributed by atoms with Crippen LogP contribution < -0.4 is 5.32 Å². The molecule has 0 amide bonds. The lowest BCUT2D eigenvalue weighted by Gasteiger charge is -2.19. The van der Waals surface area contributed by atoms with Crippen LogP contribution in [-0.4, -0.2) is 22.3 Å². The van der Waals surface area contributed by atoms with E-state index in [9.17, 15) is 4.21 Å². The van der Waals surface area contributed by atoms with Crippen molar-refractivity contribution in [2.45, 2.75) is 53.0 Å². The third kappa shape index (κ3) is 7.23. The lowest BCUT2D eigenvalue weighted by atomic mass is 10.0. The van der Waals surface area contributed by atoms with E-state index in [2.05, 4.69) is 57.3 Å². The zero-order valence-corrected chi connectivity index (χ0v) is 14.8. The van der Waals surface area contributed by atoms with E-state index < -0.39 is 10.8 Å². The first kappa shape index (κ1) is 18.4. The molecule has 1 N–H and O–H groups in total. The minimum atomic E-state index is -0.744. The Labute approximate surface area is 133 Å². The summed E-state index contributed by atoms with van der Waals surface area (Å²) < 4.78 is 12.3. The molecule has 0 bridgehead atoms. The quantitative estimate of drug-likeness (QED) is 0.705. The molecule has 2 unspecified atom stereocenters. The molecule has 0 aliphatic carbocycles. The molecule has 1 aromatic carbocycles. The van der Waals surface area contributed by atoms with Gasteiger partial charge in [0.15, 0.2) is 0 Å². The van der Waals surface area contributed by atoms with E-state index in [1.165, 1.54) is 11.1 Å². The maximum absolute atomic E-state index is 12.3. The van der Waals surface area contributed by atoms with Crippen molar-refractivity contribution in [3.05, 3.63) is 35.4 Å². The van der Waals surface area contributed by atoms with Crippen molar-refractivity contribution in [1.82, 2.24) is 5.32 Å². The molecule has 0 aliphatic heterocycles. The van der Waals surface area contributed by atoms with Crippen molar-refractivity contribution in [2.75, 3.05) is 18.1 Å². The van der Waals surface area contributed by atoms with Crippen molar-refractivity contribution in [3.63, 3.8) is 0 Å². The maximum Gasteiger partial charge on any atom is 0.0436 e. The van der Waals surface area contributed by atoms with Crippen LogP contribution in [-0.2, 0) is 17.2 Å². The first-order valence-electron chi connectivity index (χ1n) is 8.24. The highest BCUT2D eigenvalue weighted by molar-refractivity contribution is 7.85. The van der Waals surface area contributed by atoms with Crippen molar-refractivity contribution >= 4 is 10.8 Å². The largest absolute Gasteiger partial charge is 0.309 e. The van der Waals surface area contributed by atoms with Crippen LogP contribution >= 0.6 is 0 Å². The summed E-state index contributed by atoms with van der Waals surface area (Å²) in [5.41, 5.74) is 2.62. The van der Waals surface area contributed by atoms with Crippen molar-refractivity contribution in [3.8, 4) is 0 Å². The predicted octanol–water partition coefficient (Wildman–Crippen LogP) is 4.08. The van der Waals surface area contributed by atoms with Gasteiger partial charge in [-0.15, -0.1) is 0 Å². The van der Waals surface area contributed by atoms with E-state index >= 15 is 0 Å². The van der Waals surface area contributed by atoms with Gasteiger partial charge in [0.2, 0.25) is 0 Å². The van der Waals surface area contributed by atoms with Gasteiger partial charge in [0.05, 0.1) is 0 Å². The summed E-state index contributed by atoms with van der Waals surface area (Å²) >= 11 is 0. The number of nitrogens with one attached hydrogen (secondary N) is 1. The van der Waals surface area contributed by atoms with Crippen LogP contribution in [0.25, 0.3) is 0 Å². The molecule has 0 saturated heterocycles. The predicted molar refractivity (Wildman–Crippen MR) is 94.2 cm³/mol. The second-order valence-corrected chi connectivity index (χ2v) is 7.72. The summed E-state index contributed by atoms with van der Waals surface area (Å²) in [6.45, 7) is 9.69. The first-order valence-corrected chi connectivity index (χ1v) is 9.72. The molecule has 1 rings (SSSR count). The molecule has 0 aromatic heterocycles. The topological polar surface area (TPSA) is 29.1 Å². The molecule has 2 nitrogen and oxygen atoms in total. The van der Waals surface area contributed by atoms with Gasteiger partial charge in [-0.3, -0.25) is 4.21 Å². The molecule has 0 aliphatic rings. The van der Waals surface area contributed by atoms with Crippen molar-refractivity contribution in [1.29, 1.82) is 0 Å². The molecule has 1 aromatic rings. The average molecular weight is 310 g/mol. The molecule has 21 heavy (non-hydrogen) atoms. The van der Waals surface area contributed by atoms with E-state index in [4.69, 9.17) is 0 Å². The van der Waals surface area contributed by atoms with Gasteiger partial charge >= 0.3 is 0 Å². The fourth-order valence-electron chi connectivity index (χ4n) is 2.21. The third-order valence-corrected chi connectivity index (χ3v) is 5.10. The minimum absolute atomic E-state index is 0.212. The smallest absolute Gasteiger partial charge is 0.0436 e. The molecule has 0 spiro atoms. The Morgan fingerprint density at radius 3 is 2.33 bits per heavy atom. The Morgan fingerprint density at radius 2 is 1.81 bits per heavy atom. The van der Waals surface area contributed by atoms with Gasteiger partial charge in [-0.1, -0.05) is 52.0 Å². The van der Waals surface area contributed by atoms with Gasteiger partial charge in [0.25, 0.3) is 0 Å². The highest BCUT2D eigenvalue weighted by atomic mass is 32.2. The average Bonchev–Trinajstić information content (AvgIpc) is 2.49. The van der Waals surface area contributed by atoms with Crippen LogP contribution in [0.5, 0.6) is 0 Å². The monoisotopic (exact) mass is 309 g/mol. The summed E-state index contributed by atoms with van der Waals surface area (Å²) in [6, 6.07) is 8.96. The molecular formula is C18H31NOS. The molecular weight excluding hydrogens is 278 g/mol. The van der Waals surface area contributed by atoms with E-state index in [1.54, 1.807) is 0 Å². The van der Waals surface area contributed by atoms with Crippen molar-refractivity contribution in [2.24, 2.45) is 5.92 Å². The van der Waals surface area contributed by atoms with Crippen LogP contribution in [0.1, 0.15) is 57.7 Å². The van der Waals surface area contributed by atoms with Gasteiger partial charge in [-0.05, 0) is 42.9 Å². The fraction of sp³-hybridized carbons (Fsp3) is 0.667. The number of aryl methyl sites for hydroxylation is 1. The molecule has 0 heterocycles. The molecule has 0 saturated carbocycles. The minimum Gasteiger partial charge on any atom is -0.309 e. The van der Waals surface area contributed by atoms with Gasteiger partial charge in [-0.2, -0.15) is 0 Å². The molecule has 2 atom stereocenters. The van der Waals surface area contributed by atoms with Gasteiger partial charge in [0, 0.05) is 28.3 Å². The fourth-order valence-corrected chi connectivity index (χ4v) is 3.80. The Hall–Kier alpha value is -0.670. The molecule has 120 valence electrons. The molecule has 0 radical (unpaired) electrons. The van der Waals surface area contributed by atoms with Gasteiger partial charge < -0.3 is 5.32 Å². The van der Waals surface area contributed by atoms with Gasteiger partial charge in [-0.25, -0.2) is 0 Å². The first-order chi connectivity index (χ1) is 10.1. The number of hydrogen-bond donors (Lipinski definition) is 1. The van der Waals surface area contributed by atoms with Crippen LogP contribution in [0.3, 0.4) is 0 Å². The Balaban J connectivity index is 2.67.